The smallest absolute Gasteiger partial charge is 0.237 e. The number of benzene rings is 1. The van der Waals surface area contributed by atoms with Gasteiger partial charge in [-0.2, -0.15) is 4.98 Å². The minimum atomic E-state index is 0.547. The van der Waals surface area contributed by atoms with Gasteiger partial charge in [0.25, 0.3) is 0 Å². The number of methoxy groups -OCH3 is 1. The Morgan fingerprint density at radius 3 is 2.83 bits per heavy atom. The van der Waals surface area contributed by atoms with Gasteiger partial charge in [-0.05, 0) is 12.0 Å². The van der Waals surface area contributed by atoms with E-state index in [0.29, 0.717) is 30.6 Å². The summed E-state index contributed by atoms with van der Waals surface area (Å²) in [6.45, 7) is 3.46. The van der Waals surface area contributed by atoms with Crippen LogP contribution in [0.3, 0.4) is 0 Å². The molecule has 0 aliphatic heterocycles. The van der Waals surface area contributed by atoms with Crippen LogP contribution >= 0.6 is 11.8 Å². The van der Waals surface area contributed by atoms with Gasteiger partial charge in [0, 0.05) is 19.2 Å². The lowest BCUT2D eigenvalue weighted by Gasteiger charge is -2.03. The Kier molecular flexibility index (Phi) is 5.60. The molecule has 0 bridgehead atoms. The number of aromatic nitrogens is 5. The quantitative estimate of drug-likeness (QED) is 0.581. The topological polar surface area (TPSA) is 78.9 Å². The first-order valence-corrected chi connectivity index (χ1v) is 8.70. The van der Waals surface area contributed by atoms with Gasteiger partial charge in [0.15, 0.2) is 5.16 Å². The van der Waals surface area contributed by atoms with Crippen molar-refractivity contribution in [2.75, 3.05) is 13.7 Å². The molecule has 0 N–H and O–H groups in total. The number of hydrogen-bond acceptors (Lipinski definition) is 7. The molecule has 0 atom stereocenters. The summed E-state index contributed by atoms with van der Waals surface area (Å²) < 4.78 is 12.3. The number of hydrogen-bond donors (Lipinski definition) is 0. The Morgan fingerprint density at radius 2 is 2.08 bits per heavy atom. The number of ether oxygens (including phenoxy) is 1. The molecule has 0 saturated heterocycles. The molecule has 2 heterocycles. The first-order chi connectivity index (χ1) is 11.8. The maximum atomic E-state index is 5.33. The Hall–Kier alpha value is -2.19. The molecule has 2 aromatic heterocycles. The fourth-order valence-electron chi connectivity index (χ4n) is 2.15. The highest BCUT2D eigenvalue weighted by atomic mass is 32.2. The van der Waals surface area contributed by atoms with Crippen LogP contribution in [-0.4, -0.2) is 38.6 Å². The van der Waals surface area contributed by atoms with Gasteiger partial charge in [-0.25, -0.2) is 0 Å². The standard InChI is InChI=1S/C16H19N5O2S/c1-3-12-4-6-13(7-5-12)15-18-14(23-20-15)10-24-16-19-17-11-21(16)8-9-22-2/h4-7,11H,3,8-10H2,1-2H3. The predicted molar refractivity (Wildman–Crippen MR) is 90.6 cm³/mol. The zero-order chi connectivity index (χ0) is 16.8. The second-order valence-corrected chi connectivity index (χ2v) is 6.09. The van der Waals surface area contributed by atoms with E-state index in [-0.39, 0.29) is 0 Å². The highest BCUT2D eigenvalue weighted by molar-refractivity contribution is 7.98. The van der Waals surface area contributed by atoms with Gasteiger partial charge in [-0.3, -0.25) is 0 Å². The first kappa shape index (κ1) is 16.7. The zero-order valence-electron chi connectivity index (χ0n) is 13.7. The fraction of sp³-hybridized carbons (Fsp3) is 0.375. The van der Waals surface area contributed by atoms with Crippen LogP contribution in [0, 0.1) is 0 Å². The Bertz CT molecular complexity index is 769. The highest BCUT2D eigenvalue weighted by Crippen LogP contribution is 2.22. The zero-order valence-corrected chi connectivity index (χ0v) is 14.5. The summed E-state index contributed by atoms with van der Waals surface area (Å²) in [5.74, 6) is 1.72. The average Bonchev–Trinajstić information content (AvgIpc) is 3.27. The number of rotatable bonds is 8. The van der Waals surface area contributed by atoms with E-state index in [1.807, 2.05) is 16.7 Å². The van der Waals surface area contributed by atoms with Crippen LogP contribution in [0.25, 0.3) is 11.4 Å². The number of nitrogens with zero attached hydrogens (tertiary/aromatic N) is 5. The van der Waals surface area contributed by atoms with E-state index in [2.05, 4.69) is 39.4 Å². The summed E-state index contributed by atoms with van der Waals surface area (Å²) in [6.07, 6.45) is 2.70. The Labute approximate surface area is 144 Å². The summed E-state index contributed by atoms with van der Waals surface area (Å²) in [6, 6.07) is 8.20. The molecule has 0 unspecified atom stereocenters. The van der Waals surface area contributed by atoms with Gasteiger partial charge < -0.3 is 13.8 Å². The van der Waals surface area contributed by atoms with E-state index in [4.69, 9.17) is 9.26 Å². The first-order valence-electron chi connectivity index (χ1n) is 7.71. The van der Waals surface area contributed by atoms with Crippen molar-refractivity contribution in [2.24, 2.45) is 0 Å². The average molecular weight is 345 g/mol. The van der Waals surface area contributed by atoms with Crippen molar-refractivity contribution in [3.8, 4) is 11.4 Å². The SMILES string of the molecule is CCc1ccc(-c2noc(CSc3nncn3CCOC)n2)cc1. The summed E-state index contributed by atoms with van der Waals surface area (Å²) >= 11 is 1.51. The lowest BCUT2D eigenvalue weighted by molar-refractivity contribution is 0.184. The third-order valence-corrected chi connectivity index (χ3v) is 4.50. The molecule has 7 nitrogen and oxygen atoms in total. The second-order valence-electron chi connectivity index (χ2n) is 5.15. The van der Waals surface area contributed by atoms with Crippen molar-refractivity contribution in [3.05, 3.63) is 42.0 Å². The van der Waals surface area contributed by atoms with Crippen LogP contribution < -0.4 is 0 Å². The molecule has 0 radical (unpaired) electrons. The molecular weight excluding hydrogens is 326 g/mol. The molecule has 24 heavy (non-hydrogen) atoms. The number of aryl methyl sites for hydroxylation is 1. The number of thioether (sulfide) groups is 1. The van der Waals surface area contributed by atoms with Crippen molar-refractivity contribution < 1.29 is 9.26 Å². The lowest BCUT2D eigenvalue weighted by atomic mass is 10.1. The van der Waals surface area contributed by atoms with Gasteiger partial charge in [0.1, 0.15) is 6.33 Å². The summed E-state index contributed by atoms with van der Waals surface area (Å²) in [7, 11) is 1.67. The monoisotopic (exact) mass is 345 g/mol. The third kappa shape index (κ3) is 4.01. The van der Waals surface area contributed by atoms with Crippen molar-refractivity contribution >= 4 is 11.8 Å². The van der Waals surface area contributed by atoms with E-state index in [1.54, 1.807) is 13.4 Å². The third-order valence-electron chi connectivity index (χ3n) is 3.53. The van der Waals surface area contributed by atoms with E-state index in [0.717, 1.165) is 17.1 Å². The molecule has 0 aliphatic rings. The van der Waals surface area contributed by atoms with E-state index >= 15 is 0 Å². The predicted octanol–water partition coefficient (Wildman–Crippen LogP) is 2.83. The van der Waals surface area contributed by atoms with Crippen LogP contribution in [-0.2, 0) is 23.5 Å². The summed E-state index contributed by atoms with van der Waals surface area (Å²) in [5, 5.41) is 12.9. The molecule has 0 amide bonds. The van der Waals surface area contributed by atoms with Gasteiger partial charge in [-0.1, -0.05) is 48.1 Å². The van der Waals surface area contributed by atoms with Crippen molar-refractivity contribution in [1.82, 2.24) is 24.9 Å². The molecule has 0 spiro atoms. The van der Waals surface area contributed by atoms with Crippen LogP contribution in [0.4, 0.5) is 0 Å². The summed E-state index contributed by atoms with van der Waals surface area (Å²) in [5.41, 5.74) is 2.24. The van der Waals surface area contributed by atoms with Crippen molar-refractivity contribution in [2.45, 2.75) is 30.8 Å². The maximum absolute atomic E-state index is 5.33. The Balaban J connectivity index is 1.63. The highest BCUT2D eigenvalue weighted by Gasteiger charge is 2.11. The normalized spacial score (nSPS) is 11.1. The van der Waals surface area contributed by atoms with Crippen molar-refractivity contribution in [1.29, 1.82) is 0 Å². The van der Waals surface area contributed by atoms with Crippen LogP contribution in [0.5, 0.6) is 0 Å². The van der Waals surface area contributed by atoms with Crippen molar-refractivity contribution in [3.63, 3.8) is 0 Å². The summed E-state index contributed by atoms with van der Waals surface area (Å²) in [4.78, 5) is 4.45. The minimum Gasteiger partial charge on any atom is -0.383 e. The van der Waals surface area contributed by atoms with Gasteiger partial charge in [-0.15, -0.1) is 10.2 Å². The molecule has 126 valence electrons. The molecule has 0 aliphatic carbocycles. The molecule has 8 heteroatoms. The lowest BCUT2D eigenvalue weighted by Crippen LogP contribution is -2.04. The minimum absolute atomic E-state index is 0.547. The molecule has 0 saturated carbocycles. The van der Waals surface area contributed by atoms with Crippen LogP contribution in [0.2, 0.25) is 0 Å². The van der Waals surface area contributed by atoms with Gasteiger partial charge in [0.05, 0.1) is 12.4 Å². The molecule has 0 fully saturated rings. The van der Waals surface area contributed by atoms with Gasteiger partial charge in [0.2, 0.25) is 11.7 Å². The fourth-order valence-corrected chi connectivity index (χ4v) is 2.92. The maximum Gasteiger partial charge on any atom is 0.237 e. The second kappa shape index (κ2) is 8.07. The van der Waals surface area contributed by atoms with E-state index < -0.39 is 0 Å². The molecule has 3 rings (SSSR count). The van der Waals surface area contributed by atoms with E-state index in [1.165, 1.54) is 17.3 Å². The molecule has 3 aromatic rings. The van der Waals surface area contributed by atoms with Crippen LogP contribution in [0.15, 0.2) is 40.3 Å². The molecule has 1 aromatic carbocycles. The van der Waals surface area contributed by atoms with E-state index in [9.17, 15) is 0 Å². The van der Waals surface area contributed by atoms with Gasteiger partial charge >= 0.3 is 0 Å². The van der Waals surface area contributed by atoms with Crippen LogP contribution in [0.1, 0.15) is 18.4 Å². The Morgan fingerprint density at radius 1 is 1.25 bits per heavy atom. The molecular formula is C16H19N5O2S. The largest absolute Gasteiger partial charge is 0.383 e.